The first-order valence-corrected chi connectivity index (χ1v) is 9.84. The summed E-state index contributed by atoms with van der Waals surface area (Å²) in [5.41, 5.74) is 4.22. The van der Waals surface area contributed by atoms with Crippen LogP contribution in [-0.2, 0) is 6.54 Å². The van der Waals surface area contributed by atoms with E-state index >= 15 is 0 Å². The number of β-amino-alcohol motifs (C(OH)–C–C–N with tert-alkyl or cyclic N) is 1. The minimum atomic E-state index is 0.0975. The fourth-order valence-corrected chi connectivity index (χ4v) is 3.96. The van der Waals surface area contributed by atoms with E-state index in [4.69, 9.17) is 5.11 Å². The molecule has 0 atom stereocenters. The van der Waals surface area contributed by atoms with Crippen molar-refractivity contribution in [3.8, 4) is 0 Å². The number of nitrogens with zero attached hydrogens (tertiary/aromatic N) is 3. The lowest BCUT2D eigenvalue weighted by molar-refractivity contribution is 0.0605. The molecule has 2 heterocycles. The van der Waals surface area contributed by atoms with Crippen molar-refractivity contribution in [3.05, 3.63) is 47.7 Å². The van der Waals surface area contributed by atoms with Crippen LogP contribution in [-0.4, -0.2) is 64.7 Å². The lowest BCUT2D eigenvalue weighted by Gasteiger charge is -2.34. The molecule has 1 amide bonds. The number of allylic oxidation sites excluding steroid dienone is 1. The van der Waals surface area contributed by atoms with Gasteiger partial charge in [0.25, 0.3) is 5.91 Å². The summed E-state index contributed by atoms with van der Waals surface area (Å²) < 4.78 is 2.10. The molecule has 1 N–H and O–H groups in total. The van der Waals surface area contributed by atoms with E-state index in [1.165, 1.54) is 5.56 Å². The molecule has 5 heteroatoms. The van der Waals surface area contributed by atoms with Crippen molar-refractivity contribution in [1.29, 1.82) is 0 Å². The summed E-state index contributed by atoms with van der Waals surface area (Å²) in [5, 5.41) is 10.3. The second-order valence-corrected chi connectivity index (χ2v) is 7.66. The highest BCUT2D eigenvalue weighted by atomic mass is 16.3. The lowest BCUT2D eigenvalue weighted by Crippen LogP contribution is -2.49. The normalized spacial score (nSPS) is 15.7. The van der Waals surface area contributed by atoms with Crippen molar-refractivity contribution >= 4 is 16.8 Å². The Labute approximate surface area is 161 Å². The SMILES string of the molecule is C=CCn1c(C(=O)N2CCN(CCO)CC2)c(C)c2cc(C(C)C)ccc21. The highest BCUT2D eigenvalue weighted by Crippen LogP contribution is 2.30. The van der Waals surface area contributed by atoms with Gasteiger partial charge in [0.1, 0.15) is 5.69 Å². The van der Waals surface area contributed by atoms with Crippen molar-refractivity contribution in [2.75, 3.05) is 39.3 Å². The summed E-state index contributed by atoms with van der Waals surface area (Å²) in [5.74, 6) is 0.551. The van der Waals surface area contributed by atoms with Crippen LogP contribution < -0.4 is 0 Å². The molecule has 1 saturated heterocycles. The Kier molecular flexibility index (Phi) is 6.02. The monoisotopic (exact) mass is 369 g/mol. The van der Waals surface area contributed by atoms with Gasteiger partial charge in [-0.15, -0.1) is 6.58 Å². The molecule has 0 unspecified atom stereocenters. The van der Waals surface area contributed by atoms with Crippen molar-refractivity contribution < 1.29 is 9.90 Å². The predicted octanol–water partition coefficient (Wildman–Crippen LogP) is 3.01. The van der Waals surface area contributed by atoms with Crippen LogP contribution >= 0.6 is 0 Å². The van der Waals surface area contributed by atoms with Crippen LogP contribution in [0.1, 0.15) is 41.4 Å². The Morgan fingerprint density at radius 3 is 2.56 bits per heavy atom. The molecule has 0 radical (unpaired) electrons. The van der Waals surface area contributed by atoms with E-state index in [1.54, 1.807) is 0 Å². The van der Waals surface area contributed by atoms with E-state index in [0.29, 0.717) is 32.1 Å². The molecular weight excluding hydrogens is 338 g/mol. The Hall–Kier alpha value is -2.11. The molecule has 2 aromatic rings. The van der Waals surface area contributed by atoms with Crippen LogP contribution in [0, 0.1) is 6.92 Å². The van der Waals surface area contributed by atoms with Crippen LogP contribution in [0.3, 0.4) is 0 Å². The second kappa shape index (κ2) is 8.28. The van der Waals surface area contributed by atoms with Crippen LogP contribution in [0.25, 0.3) is 10.9 Å². The molecule has 0 saturated carbocycles. The van der Waals surface area contributed by atoms with Crippen molar-refractivity contribution in [1.82, 2.24) is 14.4 Å². The number of benzene rings is 1. The van der Waals surface area contributed by atoms with Crippen molar-refractivity contribution in [2.45, 2.75) is 33.2 Å². The van der Waals surface area contributed by atoms with Gasteiger partial charge in [0.15, 0.2) is 0 Å². The average Bonchev–Trinajstić information content (AvgIpc) is 2.94. The van der Waals surface area contributed by atoms with Crippen LogP contribution in [0.2, 0.25) is 0 Å². The maximum Gasteiger partial charge on any atom is 0.270 e. The zero-order chi connectivity index (χ0) is 19.6. The van der Waals surface area contributed by atoms with Crippen LogP contribution in [0.4, 0.5) is 0 Å². The quantitative estimate of drug-likeness (QED) is 0.797. The highest BCUT2D eigenvalue weighted by molar-refractivity contribution is 6.02. The molecule has 1 aliphatic heterocycles. The average molecular weight is 370 g/mol. The number of aromatic nitrogens is 1. The molecule has 1 aromatic heterocycles. The maximum absolute atomic E-state index is 13.4. The molecular formula is C22H31N3O2. The van der Waals surface area contributed by atoms with Crippen molar-refractivity contribution in [3.63, 3.8) is 0 Å². The van der Waals surface area contributed by atoms with Crippen molar-refractivity contribution in [2.24, 2.45) is 0 Å². The second-order valence-electron chi connectivity index (χ2n) is 7.66. The van der Waals surface area contributed by atoms with Gasteiger partial charge in [0.05, 0.1) is 6.61 Å². The number of aliphatic hydroxyl groups excluding tert-OH is 1. The fraction of sp³-hybridized carbons (Fsp3) is 0.500. The number of rotatable bonds is 6. The largest absolute Gasteiger partial charge is 0.395 e. The van der Waals surface area contributed by atoms with E-state index in [-0.39, 0.29) is 12.5 Å². The standard InChI is InChI=1S/C22H31N3O2/c1-5-8-25-20-7-6-18(16(2)3)15-19(20)17(4)21(25)22(27)24-11-9-23(10-12-24)13-14-26/h5-7,15-16,26H,1,8-14H2,2-4H3. The van der Waals surface area contributed by atoms with Gasteiger partial charge in [-0.1, -0.05) is 26.0 Å². The summed E-state index contributed by atoms with van der Waals surface area (Å²) in [4.78, 5) is 17.5. The fourth-order valence-electron chi connectivity index (χ4n) is 3.96. The number of carbonyl (C=O) groups excluding carboxylic acids is 1. The minimum Gasteiger partial charge on any atom is -0.395 e. The van der Waals surface area contributed by atoms with Gasteiger partial charge in [0, 0.05) is 50.2 Å². The highest BCUT2D eigenvalue weighted by Gasteiger charge is 2.27. The van der Waals surface area contributed by atoms with E-state index in [1.807, 2.05) is 11.0 Å². The van der Waals surface area contributed by atoms with Gasteiger partial charge in [-0.3, -0.25) is 9.69 Å². The number of amides is 1. The Balaban J connectivity index is 1.97. The molecule has 0 bridgehead atoms. The van der Waals surface area contributed by atoms with E-state index in [9.17, 15) is 4.79 Å². The third-order valence-corrected chi connectivity index (χ3v) is 5.60. The van der Waals surface area contributed by atoms with Gasteiger partial charge in [-0.05, 0) is 36.1 Å². The number of aryl methyl sites for hydroxylation is 1. The van der Waals surface area contributed by atoms with E-state index < -0.39 is 0 Å². The summed E-state index contributed by atoms with van der Waals surface area (Å²) in [7, 11) is 0. The lowest BCUT2D eigenvalue weighted by atomic mass is 10.0. The minimum absolute atomic E-state index is 0.0975. The summed E-state index contributed by atoms with van der Waals surface area (Å²) >= 11 is 0. The van der Waals surface area contributed by atoms with E-state index in [0.717, 1.165) is 35.2 Å². The number of aliphatic hydroxyl groups is 1. The zero-order valence-electron chi connectivity index (χ0n) is 16.7. The molecule has 1 aromatic carbocycles. The summed E-state index contributed by atoms with van der Waals surface area (Å²) in [6.45, 7) is 14.8. The Morgan fingerprint density at radius 2 is 1.96 bits per heavy atom. The Morgan fingerprint density at radius 1 is 1.26 bits per heavy atom. The molecule has 0 spiro atoms. The molecule has 0 aliphatic carbocycles. The van der Waals surface area contributed by atoms with Gasteiger partial charge in [-0.25, -0.2) is 0 Å². The molecule has 1 aliphatic rings. The van der Waals surface area contributed by atoms with Crippen LogP contribution in [0.15, 0.2) is 30.9 Å². The molecule has 1 fully saturated rings. The maximum atomic E-state index is 13.4. The predicted molar refractivity (Wildman–Crippen MR) is 110 cm³/mol. The summed E-state index contributed by atoms with van der Waals surface area (Å²) in [6, 6.07) is 6.52. The van der Waals surface area contributed by atoms with E-state index in [2.05, 4.69) is 55.0 Å². The first kappa shape index (κ1) is 19.6. The van der Waals surface area contributed by atoms with Crippen LogP contribution in [0.5, 0.6) is 0 Å². The van der Waals surface area contributed by atoms with Gasteiger partial charge in [0.2, 0.25) is 0 Å². The topological polar surface area (TPSA) is 48.7 Å². The van der Waals surface area contributed by atoms with Gasteiger partial charge in [-0.2, -0.15) is 0 Å². The number of fused-ring (bicyclic) bond motifs is 1. The third-order valence-electron chi connectivity index (χ3n) is 5.60. The third kappa shape index (κ3) is 3.80. The van der Waals surface area contributed by atoms with Gasteiger partial charge < -0.3 is 14.6 Å². The summed E-state index contributed by atoms with van der Waals surface area (Å²) in [6.07, 6.45) is 1.85. The number of hydrogen-bond acceptors (Lipinski definition) is 3. The Bertz CT molecular complexity index is 830. The zero-order valence-corrected chi connectivity index (χ0v) is 16.7. The molecule has 3 rings (SSSR count). The molecule has 27 heavy (non-hydrogen) atoms. The molecule has 5 nitrogen and oxygen atoms in total. The molecule has 146 valence electrons. The van der Waals surface area contributed by atoms with Gasteiger partial charge >= 0.3 is 0 Å². The number of hydrogen-bond donors (Lipinski definition) is 1. The smallest absolute Gasteiger partial charge is 0.270 e. The number of piperazine rings is 1. The first-order chi connectivity index (χ1) is 13.0. The number of carbonyl (C=O) groups is 1. The first-order valence-electron chi connectivity index (χ1n) is 9.84.